The molecule has 6 heterocycles. The van der Waals surface area contributed by atoms with Crippen molar-refractivity contribution < 1.29 is 23.5 Å². The number of anilines is 1. The number of likely N-dealkylation sites (N-methyl/N-ethyl adjacent to an activating group) is 1. The van der Waals surface area contributed by atoms with Crippen LogP contribution in [-0.4, -0.2) is 94.5 Å². The molecule has 5 aromatic rings. The quantitative estimate of drug-likeness (QED) is 0.108. The minimum atomic E-state index is -0.971. The smallest absolute Gasteiger partial charge is 0.407 e. The highest BCUT2D eigenvalue weighted by atomic mass is 16.7. The average Bonchev–Trinajstić information content (AvgIpc) is 4.16. The molecule has 2 unspecified atom stereocenters. The predicted molar refractivity (Wildman–Crippen MR) is 247 cm³/mol. The topological polar surface area (TPSA) is 133 Å². The van der Waals surface area contributed by atoms with Gasteiger partial charge >= 0.3 is 6.09 Å². The molecule has 3 atom stereocenters. The number of piperidine rings is 1. The Morgan fingerprint density at radius 3 is 2.33 bits per heavy atom. The number of rotatable bonds is 15. The number of carbonyl (C=O) groups excluding carboxylic acids is 1. The molecule has 9 rings (SSSR count). The molecule has 13 heteroatoms. The normalized spacial score (nSPS) is 20.7. The molecule has 0 bridgehead atoms. The Balaban J connectivity index is 0.00000268. The van der Waals surface area contributed by atoms with Crippen LogP contribution in [0.5, 0.6) is 0 Å². The molecule has 1 aliphatic carbocycles. The van der Waals surface area contributed by atoms with Crippen LogP contribution in [0.3, 0.4) is 0 Å². The molecule has 1 N–H and O–H groups in total. The number of aryl methyl sites for hydroxylation is 1. The number of fused-ring (bicyclic) bond motifs is 4. The summed E-state index contributed by atoms with van der Waals surface area (Å²) in [5.74, 6) is 1.40. The molecule has 3 aliphatic heterocycles. The van der Waals surface area contributed by atoms with Crippen LogP contribution in [0, 0.1) is 12.8 Å². The molecular formula is C50H68N8O5. The monoisotopic (exact) mass is 861 g/mol. The van der Waals surface area contributed by atoms with Crippen molar-refractivity contribution in [1.82, 2.24) is 35.1 Å². The van der Waals surface area contributed by atoms with E-state index in [0.29, 0.717) is 55.4 Å². The van der Waals surface area contributed by atoms with Crippen LogP contribution in [0.2, 0.25) is 0 Å². The fourth-order valence-electron chi connectivity index (χ4n) is 10.2. The molecule has 3 aromatic heterocycles. The van der Waals surface area contributed by atoms with Gasteiger partial charge in [0.05, 0.1) is 30.8 Å². The molecule has 13 nitrogen and oxygen atoms in total. The third-order valence-corrected chi connectivity index (χ3v) is 13.6. The summed E-state index contributed by atoms with van der Waals surface area (Å²) in [4.78, 5) is 29.2. The van der Waals surface area contributed by atoms with E-state index in [2.05, 4.69) is 103 Å². The number of ether oxygens (including phenoxy) is 3. The van der Waals surface area contributed by atoms with E-state index in [4.69, 9.17) is 39.0 Å². The highest BCUT2D eigenvalue weighted by Crippen LogP contribution is 2.45. The zero-order valence-corrected chi connectivity index (χ0v) is 38.6. The van der Waals surface area contributed by atoms with Crippen molar-refractivity contribution in [2.75, 3.05) is 51.4 Å². The van der Waals surface area contributed by atoms with Gasteiger partial charge in [0.25, 0.3) is 0 Å². The molecule has 4 aliphatic rings. The second kappa shape index (κ2) is 19.9. The van der Waals surface area contributed by atoms with Gasteiger partial charge in [0, 0.05) is 43.1 Å². The van der Waals surface area contributed by atoms with Crippen LogP contribution in [0.25, 0.3) is 33.7 Å². The van der Waals surface area contributed by atoms with E-state index in [1.165, 1.54) is 28.7 Å². The van der Waals surface area contributed by atoms with Gasteiger partial charge in [-0.25, -0.2) is 19.4 Å². The molecule has 2 aromatic carbocycles. The first-order chi connectivity index (χ1) is 30.8. The standard InChI is InChI=1S/C48H62N8O5.C2H6/c1-6-8-16-39-42(53-61-43(39)48(23-9-7-2)59-25-26-60-48)44-50-45(41-32(4)52-56(46(41)51-44)29-34-15-14-24-54(34)5)55-28-31(3)21-22-33(55)27-49-47(57)58-30-40-37-19-12-10-17-35(37)36-18-11-13-20-38(36)40;1-2/h10-13,17-20,31,33-34,40H,6-9,14-16,21-30H2,1-5H3,(H,49,57);1-2H3/t31?,33-,34?;/m1./s1. The van der Waals surface area contributed by atoms with Crippen molar-refractivity contribution in [2.45, 2.75) is 136 Å². The van der Waals surface area contributed by atoms with E-state index < -0.39 is 11.9 Å². The van der Waals surface area contributed by atoms with Crippen LogP contribution >= 0.6 is 0 Å². The maximum absolute atomic E-state index is 13.6. The van der Waals surface area contributed by atoms with Crippen LogP contribution in [0.1, 0.15) is 126 Å². The van der Waals surface area contributed by atoms with Gasteiger partial charge in [-0.1, -0.05) is 101 Å². The molecule has 0 radical (unpaired) electrons. The van der Waals surface area contributed by atoms with Crippen LogP contribution in [0.4, 0.5) is 10.6 Å². The number of benzene rings is 2. The number of hydrogen-bond donors (Lipinski definition) is 1. The van der Waals surface area contributed by atoms with Crippen LogP contribution in [-0.2, 0) is 33.0 Å². The van der Waals surface area contributed by atoms with Gasteiger partial charge in [-0.3, -0.25) is 0 Å². The van der Waals surface area contributed by atoms with Crippen molar-refractivity contribution in [1.29, 1.82) is 0 Å². The van der Waals surface area contributed by atoms with Crippen molar-refractivity contribution in [3.8, 4) is 22.6 Å². The van der Waals surface area contributed by atoms with Gasteiger partial charge in [-0.05, 0) is 93.6 Å². The Morgan fingerprint density at radius 2 is 1.65 bits per heavy atom. The second-order valence-electron chi connectivity index (χ2n) is 17.8. The first-order valence-corrected chi connectivity index (χ1v) is 23.9. The number of carbonyl (C=O) groups is 1. The summed E-state index contributed by atoms with van der Waals surface area (Å²) >= 11 is 0. The van der Waals surface area contributed by atoms with Crippen molar-refractivity contribution in [3.63, 3.8) is 0 Å². The van der Waals surface area contributed by atoms with Crippen LogP contribution < -0.4 is 10.2 Å². The summed E-state index contributed by atoms with van der Waals surface area (Å²) in [5.41, 5.74) is 8.06. The van der Waals surface area contributed by atoms with E-state index in [1.54, 1.807) is 0 Å². The largest absolute Gasteiger partial charge is 0.449 e. The fourth-order valence-corrected chi connectivity index (χ4v) is 10.2. The first-order valence-electron chi connectivity index (χ1n) is 23.9. The Kier molecular flexibility index (Phi) is 14.1. The molecule has 63 heavy (non-hydrogen) atoms. The zero-order chi connectivity index (χ0) is 44.1. The number of likely N-dealkylation sites (tertiary alicyclic amines) is 1. The SMILES string of the molecule is CC.CCCCc1c(-c2nc(N3CC(C)CC[C@@H]3CNC(=O)OCC3c4ccccc4-c4ccccc43)c3c(C)nn(CC4CCCN4C)c3n2)noc1C1(CCCC)OCCO1. The molecule has 1 amide bonds. The molecule has 338 valence electrons. The van der Waals surface area contributed by atoms with E-state index >= 15 is 0 Å². The van der Waals surface area contributed by atoms with Crippen molar-refractivity contribution in [2.24, 2.45) is 5.92 Å². The van der Waals surface area contributed by atoms with Gasteiger partial charge in [-0.2, -0.15) is 5.10 Å². The third-order valence-electron chi connectivity index (χ3n) is 13.6. The summed E-state index contributed by atoms with van der Waals surface area (Å²) in [6, 6.07) is 17.2. The van der Waals surface area contributed by atoms with Crippen LogP contribution in [0.15, 0.2) is 53.1 Å². The van der Waals surface area contributed by atoms with E-state index in [9.17, 15) is 4.79 Å². The lowest BCUT2D eigenvalue weighted by Gasteiger charge is -2.40. The summed E-state index contributed by atoms with van der Waals surface area (Å²) in [7, 11) is 2.20. The van der Waals surface area contributed by atoms with Crippen molar-refractivity contribution in [3.05, 3.63) is 76.7 Å². The minimum absolute atomic E-state index is 0.00554. The first kappa shape index (κ1) is 44.7. The lowest BCUT2D eigenvalue weighted by atomic mass is 9.93. The van der Waals surface area contributed by atoms with Gasteiger partial charge in [0.15, 0.2) is 22.9 Å². The minimum Gasteiger partial charge on any atom is -0.449 e. The number of hydrogen-bond acceptors (Lipinski definition) is 11. The molecule has 0 spiro atoms. The number of nitrogens with zero attached hydrogens (tertiary/aromatic N) is 7. The third kappa shape index (κ3) is 8.98. The Bertz CT molecular complexity index is 2290. The number of nitrogens with one attached hydrogen (secondary N) is 1. The Hall–Kier alpha value is -4.85. The van der Waals surface area contributed by atoms with E-state index in [-0.39, 0.29) is 18.6 Å². The van der Waals surface area contributed by atoms with E-state index in [0.717, 1.165) is 99.1 Å². The highest BCUT2D eigenvalue weighted by molar-refractivity contribution is 5.92. The predicted octanol–water partition coefficient (Wildman–Crippen LogP) is 9.79. The summed E-state index contributed by atoms with van der Waals surface area (Å²) in [6.45, 7) is 17.0. The molecule has 3 fully saturated rings. The molecular weight excluding hydrogens is 793 g/mol. The summed E-state index contributed by atoms with van der Waals surface area (Å²) < 4.78 is 27.1. The summed E-state index contributed by atoms with van der Waals surface area (Å²) in [5, 5.41) is 14.0. The summed E-state index contributed by atoms with van der Waals surface area (Å²) in [6.07, 6.45) is 9.10. The molecule has 3 saturated heterocycles. The fraction of sp³-hybridized carbons (Fsp3) is 0.580. The Morgan fingerprint density at radius 1 is 0.937 bits per heavy atom. The van der Waals surface area contributed by atoms with Gasteiger partial charge < -0.3 is 33.9 Å². The number of aromatic nitrogens is 5. The second-order valence-corrected chi connectivity index (χ2v) is 17.8. The Labute approximate surface area is 373 Å². The zero-order valence-electron chi connectivity index (χ0n) is 38.6. The van der Waals surface area contributed by atoms with Crippen molar-refractivity contribution >= 4 is 22.9 Å². The maximum atomic E-state index is 13.6. The van der Waals surface area contributed by atoms with E-state index in [1.807, 2.05) is 13.8 Å². The lowest BCUT2D eigenvalue weighted by molar-refractivity contribution is -0.186. The maximum Gasteiger partial charge on any atom is 0.407 e. The van der Waals surface area contributed by atoms with Gasteiger partial charge in [0.1, 0.15) is 12.4 Å². The van der Waals surface area contributed by atoms with Gasteiger partial charge in [0.2, 0.25) is 5.79 Å². The number of amides is 1. The lowest BCUT2D eigenvalue weighted by Crippen LogP contribution is -2.49. The number of alkyl carbamates (subject to hydrolysis) is 1. The molecule has 0 saturated carbocycles. The highest BCUT2D eigenvalue weighted by Gasteiger charge is 2.45. The average molecular weight is 861 g/mol. The van der Waals surface area contributed by atoms with Gasteiger partial charge in [-0.15, -0.1) is 0 Å². The number of unbranched alkanes of at least 4 members (excludes halogenated alkanes) is 2.